The Hall–Kier alpha value is -3.81. The summed E-state index contributed by atoms with van der Waals surface area (Å²) in [5, 5.41) is 2.80. The minimum atomic E-state index is -0.892. The molecule has 1 aliphatic rings. The van der Waals surface area contributed by atoms with Gasteiger partial charge in [0.05, 0.1) is 0 Å². The molecule has 0 aliphatic carbocycles. The van der Waals surface area contributed by atoms with Crippen molar-refractivity contribution in [2.45, 2.75) is 12.5 Å². The zero-order valence-corrected chi connectivity index (χ0v) is 17.1. The average molecular weight is 437 g/mol. The molecule has 8 heteroatoms. The maximum atomic E-state index is 13.8. The number of hydrogen-bond acceptors (Lipinski definition) is 4. The number of halogens is 2. The van der Waals surface area contributed by atoms with Crippen molar-refractivity contribution in [1.29, 1.82) is 0 Å². The first-order valence-corrected chi connectivity index (χ1v) is 10.2. The minimum Gasteiger partial charge on any atom is -0.481 e. The molecule has 0 radical (unpaired) electrons. The largest absolute Gasteiger partial charge is 0.481 e. The Balaban J connectivity index is 1.52. The lowest BCUT2D eigenvalue weighted by atomic mass is 9.94. The molecule has 0 spiro atoms. The topological polar surface area (TPSA) is 71.5 Å². The van der Waals surface area contributed by atoms with Gasteiger partial charge in [-0.05, 0) is 29.3 Å². The molecule has 1 aliphatic heterocycles. The lowest BCUT2D eigenvalue weighted by molar-refractivity contribution is -0.144. The first-order valence-electron chi connectivity index (χ1n) is 10.2. The number of nitrogens with one attached hydrogen (secondary N) is 1. The number of ether oxygens (including phenoxy) is 1. The molecule has 4 rings (SSSR count). The van der Waals surface area contributed by atoms with Crippen LogP contribution in [-0.2, 0) is 16.0 Å². The third-order valence-corrected chi connectivity index (χ3v) is 5.30. The zero-order valence-electron chi connectivity index (χ0n) is 17.1. The predicted octanol–water partition coefficient (Wildman–Crippen LogP) is 2.98. The summed E-state index contributed by atoms with van der Waals surface area (Å²) in [6, 6.07) is 13.5. The summed E-state index contributed by atoms with van der Waals surface area (Å²) < 4.78 is 32.2. The van der Waals surface area contributed by atoms with Gasteiger partial charge in [0.2, 0.25) is 5.91 Å². The van der Waals surface area contributed by atoms with Crippen molar-refractivity contribution < 1.29 is 23.1 Å². The van der Waals surface area contributed by atoms with Gasteiger partial charge in [-0.1, -0.05) is 30.3 Å². The average Bonchev–Trinajstić information content (AvgIpc) is 2.80. The van der Waals surface area contributed by atoms with Crippen LogP contribution in [0.5, 0.6) is 5.75 Å². The van der Waals surface area contributed by atoms with Crippen molar-refractivity contribution >= 4 is 11.8 Å². The Bertz CT molecular complexity index is 1120. The molecule has 164 valence electrons. The van der Waals surface area contributed by atoms with Crippen LogP contribution in [-0.4, -0.2) is 47.4 Å². The Kier molecular flexibility index (Phi) is 6.39. The van der Waals surface area contributed by atoms with E-state index in [2.05, 4.69) is 10.3 Å². The second-order valence-electron chi connectivity index (χ2n) is 7.36. The SMILES string of the molecule is O=C1NCCN(C(=O)COc2ccc(F)cc2F)[C@@H]1Cc1ccccc1-c1cccnc1. The molecule has 2 aromatic carbocycles. The summed E-state index contributed by atoms with van der Waals surface area (Å²) in [5.74, 6) is -2.57. The van der Waals surface area contributed by atoms with Gasteiger partial charge < -0.3 is 15.0 Å². The maximum absolute atomic E-state index is 13.8. The van der Waals surface area contributed by atoms with Crippen molar-refractivity contribution in [2.24, 2.45) is 0 Å². The number of carbonyl (C=O) groups is 2. The van der Waals surface area contributed by atoms with Crippen molar-refractivity contribution in [3.63, 3.8) is 0 Å². The van der Waals surface area contributed by atoms with Crippen LogP contribution in [0.2, 0.25) is 0 Å². The molecule has 1 N–H and O–H groups in total. The third kappa shape index (κ3) is 4.74. The molecule has 1 fully saturated rings. The summed E-state index contributed by atoms with van der Waals surface area (Å²) in [6.45, 7) is 0.159. The van der Waals surface area contributed by atoms with Gasteiger partial charge in [0.15, 0.2) is 18.2 Å². The van der Waals surface area contributed by atoms with Crippen LogP contribution in [0, 0.1) is 11.6 Å². The lowest BCUT2D eigenvalue weighted by Gasteiger charge is -2.35. The Labute approximate surface area is 183 Å². The summed E-state index contributed by atoms with van der Waals surface area (Å²) in [4.78, 5) is 31.1. The van der Waals surface area contributed by atoms with Crippen molar-refractivity contribution in [1.82, 2.24) is 15.2 Å². The van der Waals surface area contributed by atoms with E-state index in [1.807, 2.05) is 36.4 Å². The van der Waals surface area contributed by atoms with Crippen LogP contribution in [0.4, 0.5) is 8.78 Å². The monoisotopic (exact) mass is 437 g/mol. The Morgan fingerprint density at radius 3 is 2.78 bits per heavy atom. The minimum absolute atomic E-state index is 0.223. The van der Waals surface area contributed by atoms with E-state index in [9.17, 15) is 18.4 Å². The number of piperazine rings is 1. The van der Waals surface area contributed by atoms with Crippen LogP contribution >= 0.6 is 0 Å². The highest BCUT2D eigenvalue weighted by Gasteiger charge is 2.33. The van der Waals surface area contributed by atoms with Crippen LogP contribution in [0.15, 0.2) is 67.0 Å². The van der Waals surface area contributed by atoms with E-state index in [-0.39, 0.29) is 11.7 Å². The third-order valence-electron chi connectivity index (χ3n) is 5.30. The van der Waals surface area contributed by atoms with Gasteiger partial charge in [-0.2, -0.15) is 0 Å². The molecule has 0 unspecified atom stereocenters. The Morgan fingerprint density at radius 1 is 1.16 bits per heavy atom. The number of nitrogens with zero attached hydrogens (tertiary/aromatic N) is 2. The number of aromatic nitrogens is 1. The molecule has 3 aromatic rings. The smallest absolute Gasteiger partial charge is 0.261 e. The molecule has 32 heavy (non-hydrogen) atoms. The molecule has 0 saturated carbocycles. The van der Waals surface area contributed by atoms with Crippen LogP contribution in [0.3, 0.4) is 0 Å². The molecular weight excluding hydrogens is 416 g/mol. The standard InChI is InChI=1S/C24H21F2N3O3/c25-18-7-8-22(20(26)13-18)32-15-23(30)29-11-10-28-24(31)21(29)12-16-4-1-2-6-19(16)17-5-3-9-27-14-17/h1-9,13-14,21H,10-12,15H2,(H,28,31)/t21-/m1/s1. The number of pyridine rings is 1. The van der Waals surface area contributed by atoms with E-state index in [1.54, 1.807) is 12.4 Å². The van der Waals surface area contributed by atoms with Gasteiger partial charge in [-0.25, -0.2) is 8.78 Å². The fourth-order valence-corrected chi connectivity index (χ4v) is 3.74. The van der Waals surface area contributed by atoms with Crippen molar-refractivity contribution in [2.75, 3.05) is 19.7 Å². The number of benzene rings is 2. The van der Waals surface area contributed by atoms with Crippen LogP contribution in [0.1, 0.15) is 5.56 Å². The molecule has 0 bridgehead atoms. The molecule has 2 amide bonds. The highest BCUT2D eigenvalue weighted by Crippen LogP contribution is 2.25. The first-order chi connectivity index (χ1) is 15.5. The van der Waals surface area contributed by atoms with E-state index in [0.29, 0.717) is 25.6 Å². The van der Waals surface area contributed by atoms with Crippen LogP contribution < -0.4 is 10.1 Å². The fourth-order valence-electron chi connectivity index (χ4n) is 3.74. The van der Waals surface area contributed by atoms with Crippen molar-refractivity contribution in [3.05, 3.63) is 84.2 Å². The Morgan fingerprint density at radius 2 is 2.00 bits per heavy atom. The van der Waals surface area contributed by atoms with Crippen molar-refractivity contribution in [3.8, 4) is 16.9 Å². The number of amides is 2. The summed E-state index contributed by atoms with van der Waals surface area (Å²) >= 11 is 0. The predicted molar refractivity (Wildman–Crippen MR) is 114 cm³/mol. The molecule has 6 nitrogen and oxygen atoms in total. The van der Waals surface area contributed by atoms with Gasteiger partial charge in [0, 0.05) is 43.5 Å². The quantitative estimate of drug-likeness (QED) is 0.644. The molecule has 1 saturated heterocycles. The summed E-state index contributed by atoms with van der Waals surface area (Å²) in [6.07, 6.45) is 3.73. The summed E-state index contributed by atoms with van der Waals surface area (Å²) in [5.41, 5.74) is 2.73. The summed E-state index contributed by atoms with van der Waals surface area (Å²) in [7, 11) is 0. The van der Waals surface area contributed by atoms with E-state index < -0.39 is 30.2 Å². The van der Waals surface area contributed by atoms with E-state index in [1.165, 1.54) is 4.90 Å². The van der Waals surface area contributed by atoms with Gasteiger partial charge in [-0.15, -0.1) is 0 Å². The highest BCUT2D eigenvalue weighted by molar-refractivity contribution is 5.90. The molecule has 1 aromatic heterocycles. The van der Waals surface area contributed by atoms with Crippen LogP contribution in [0.25, 0.3) is 11.1 Å². The van der Waals surface area contributed by atoms with Gasteiger partial charge in [0.25, 0.3) is 5.91 Å². The molecule has 2 heterocycles. The second kappa shape index (κ2) is 9.55. The molecule has 1 atom stereocenters. The number of rotatable bonds is 6. The van der Waals surface area contributed by atoms with Gasteiger partial charge >= 0.3 is 0 Å². The number of carbonyl (C=O) groups excluding carboxylic acids is 2. The highest BCUT2D eigenvalue weighted by atomic mass is 19.1. The van der Waals surface area contributed by atoms with E-state index in [4.69, 9.17) is 4.74 Å². The van der Waals surface area contributed by atoms with Gasteiger partial charge in [-0.3, -0.25) is 14.6 Å². The first kappa shape index (κ1) is 21.4. The van der Waals surface area contributed by atoms with E-state index >= 15 is 0 Å². The fraction of sp³-hybridized carbons (Fsp3) is 0.208. The number of hydrogen-bond donors (Lipinski definition) is 1. The second-order valence-corrected chi connectivity index (χ2v) is 7.36. The van der Waals surface area contributed by atoms with E-state index in [0.717, 1.165) is 28.8 Å². The lowest BCUT2D eigenvalue weighted by Crippen LogP contribution is -2.58. The maximum Gasteiger partial charge on any atom is 0.261 e. The van der Waals surface area contributed by atoms with Gasteiger partial charge in [0.1, 0.15) is 11.9 Å². The zero-order chi connectivity index (χ0) is 22.5. The normalized spacial score (nSPS) is 15.9. The molecular formula is C24H21F2N3O3.